The second kappa shape index (κ2) is 6.99. The molecule has 24 heavy (non-hydrogen) atoms. The van der Waals surface area contributed by atoms with E-state index in [1.165, 1.54) is 6.33 Å². The molecule has 0 saturated carbocycles. The van der Waals surface area contributed by atoms with Crippen LogP contribution in [0.3, 0.4) is 0 Å². The molecular formula is C19H24N4O. The molecule has 1 aliphatic heterocycles. The maximum absolute atomic E-state index is 12.5. The van der Waals surface area contributed by atoms with Gasteiger partial charge in [-0.3, -0.25) is 4.79 Å². The fourth-order valence-corrected chi connectivity index (χ4v) is 3.12. The van der Waals surface area contributed by atoms with Crippen LogP contribution in [-0.4, -0.2) is 29.0 Å². The lowest BCUT2D eigenvalue weighted by Gasteiger charge is -2.31. The average molecular weight is 324 g/mol. The van der Waals surface area contributed by atoms with Gasteiger partial charge in [0.1, 0.15) is 17.8 Å². The lowest BCUT2D eigenvalue weighted by molar-refractivity contribution is 0.102. The number of anilines is 2. The van der Waals surface area contributed by atoms with Gasteiger partial charge in [0.2, 0.25) is 0 Å². The van der Waals surface area contributed by atoms with Crippen LogP contribution in [0.2, 0.25) is 0 Å². The quantitative estimate of drug-likeness (QED) is 0.937. The Kier molecular flexibility index (Phi) is 4.79. The number of hydrogen-bond donors (Lipinski definition) is 1. The molecule has 0 unspecified atom stereocenters. The lowest BCUT2D eigenvalue weighted by atomic mass is 9.99. The maximum Gasteiger partial charge on any atom is 0.274 e. The second-order valence-corrected chi connectivity index (χ2v) is 6.76. The van der Waals surface area contributed by atoms with Crippen molar-refractivity contribution in [3.8, 4) is 0 Å². The Bertz CT molecular complexity index is 716. The van der Waals surface area contributed by atoms with Gasteiger partial charge >= 0.3 is 0 Å². The average Bonchev–Trinajstić information content (AvgIpc) is 2.54. The van der Waals surface area contributed by atoms with E-state index < -0.39 is 0 Å². The summed E-state index contributed by atoms with van der Waals surface area (Å²) in [5.41, 5.74) is 3.44. The van der Waals surface area contributed by atoms with E-state index in [4.69, 9.17) is 0 Å². The standard InChI is InChI=1S/C19H24N4O/c1-13-4-6-23(7-5-13)18-11-17(20-12-21-18)19(24)22-16-9-14(2)8-15(3)10-16/h8-13H,4-7H2,1-3H3,(H,22,24). The highest BCUT2D eigenvalue weighted by molar-refractivity contribution is 6.03. The first-order valence-corrected chi connectivity index (χ1v) is 8.48. The van der Waals surface area contributed by atoms with Crippen LogP contribution in [0.15, 0.2) is 30.6 Å². The Morgan fingerprint density at radius 1 is 1.08 bits per heavy atom. The number of aryl methyl sites for hydroxylation is 2. The molecule has 1 saturated heterocycles. The molecule has 5 nitrogen and oxygen atoms in total. The van der Waals surface area contributed by atoms with E-state index >= 15 is 0 Å². The molecule has 1 aliphatic rings. The number of hydrogen-bond acceptors (Lipinski definition) is 4. The predicted octanol–water partition coefficient (Wildman–Crippen LogP) is 3.58. The number of nitrogens with zero attached hydrogens (tertiary/aromatic N) is 3. The van der Waals surface area contributed by atoms with Gasteiger partial charge in [-0.25, -0.2) is 9.97 Å². The van der Waals surface area contributed by atoms with Crippen molar-refractivity contribution in [1.29, 1.82) is 0 Å². The van der Waals surface area contributed by atoms with Crippen molar-refractivity contribution in [1.82, 2.24) is 9.97 Å². The number of amides is 1. The summed E-state index contributed by atoms with van der Waals surface area (Å²) in [6.07, 6.45) is 3.80. The number of aromatic nitrogens is 2. The summed E-state index contributed by atoms with van der Waals surface area (Å²) in [4.78, 5) is 23.2. The van der Waals surface area contributed by atoms with Crippen molar-refractivity contribution in [3.05, 3.63) is 47.4 Å². The molecule has 1 aromatic carbocycles. The topological polar surface area (TPSA) is 58.1 Å². The van der Waals surface area contributed by atoms with E-state index in [2.05, 4.69) is 33.2 Å². The first kappa shape index (κ1) is 16.4. The predicted molar refractivity (Wildman–Crippen MR) is 96.5 cm³/mol. The summed E-state index contributed by atoms with van der Waals surface area (Å²) < 4.78 is 0. The normalized spacial score (nSPS) is 15.4. The highest BCUT2D eigenvalue weighted by Crippen LogP contribution is 2.21. The number of carbonyl (C=O) groups excluding carboxylic acids is 1. The Morgan fingerprint density at radius 2 is 1.75 bits per heavy atom. The summed E-state index contributed by atoms with van der Waals surface area (Å²) in [7, 11) is 0. The van der Waals surface area contributed by atoms with Gasteiger partial charge in [0, 0.05) is 24.8 Å². The number of nitrogens with one attached hydrogen (secondary N) is 1. The van der Waals surface area contributed by atoms with Crippen LogP contribution in [0.4, 0.5) is 11.5 Å². The maximum atomic E-state index is 12.5. The van der Waals surface area contributed by atoms with Gasteiger partial charge in [-0.15, -0.1) is 0 Å². The summed E-state index contributed by atoms with van der Waals surface area (Å²) in [6, 6.07) is 7.78. The molecule has 2 aromatic rings. The van der Waals surface area contributed by atoms with Crippen molar-refractivity contribution in [2.45, 2.75) is 33.6 Å². The Labute approximate surface area is 143 Å². The summed E-state index contributed by atoms with van der Waals surface area (Å²) in [6.45, 7) is 8.28. The first-order valence-electron chi connectivity index (χ1n) is 8.48. The van der Waals surface area contributed by atoms with Crippen LogP contribution in [0.25, 0.3) is 0 Å². The fraction of sp³-hybridized carbons (Fsp3) is 0.421. The van der Waals surface area contributed by atoms with Crippen LogP contribution < -0.4 is 10.2 Å². The minimum Gasteiger partial charge on any atom is -0.356 e. The van der Waals surface area contributed by atoms with E-state index in [0.717, 1.165) is 54.5 Å². The van der Waals surface area contributed by atoms with E-state index in [1.807, 2.05) is 26.0 Å². The third-order valence-electron chi connectivity index (χ3n) is 4.47. The molecule has 0 radical (unpaired) electrons. The van der Waals surface area contributed by atoms with Crippen molar-refractivity contribution in [2.24, 2.45) is 5.92 Å². The third kappa shape index (κ3) is 3.91. The lowest BCUT2D eigenvalue weighted by Crippen LogP contribution is -2.33. The molecule has 1 N–H and O–H groups in total. The molecule has 0 spiro atoms. The van der Waals surface area contributed by atoms with Crippen LogP contribution in [0.5, 0.6) is 0 Å². The Morgan fingerprint density at radius 3 is 2.42 bits per heavy atom. The Hall–Kier alpha value is -2.43. The highest BCUT2D eigenvalue weighted by atomic mass is 16.1. The first-order chi connectivity index (χ1) is 11.5. The van der Waals surface area contributed by atoms with E-state index in [0.29, 0.717) is 5.69 Å². The molecular weight excluding hydrogens is 300 g/mol. The number of carbonyl (C=O) groups is 1. The van der Waals surface area contributed by atoms with Gasteiger partial charge in [0.05, 0.1) is 0 Å². The number of rotatable bonds is 3. The molecule has 1 amide bonds. The van der Waals surface area contributed by atoms with Crippen molar-refractivity contribution < 1.29 is 4.79 Å². The molecule has 1 fully saturated rings. The van der Waals surface area contributed by atoms with Crippen LogP contribution in [-0.2, 0) is 0 Å². The van der Waals surface area contributed by atoms with Gasteiger partial charge in [-0.2, -0.15) is 0 Å². The molecule has 2 heterocycles. The van der Waals surface area contributed by atoms with Gasteiger partial charge < -0.3 is 10.2 Å². The summed E-state index contributed by atoms with van der Waals surface area (Å²) in [5.74, 6) is 1.40. The molecule has 126 valence electrons. The zero-order chi connectivity index (χ0) is 17.1. The second-order valence-electron chi connectivity index (χ2n) is 6.76. The van der Waals surface area contributed by atoms with Crippen molar-refractivity contribution >= 4 is 17.4 Å². The highest BCUT2D eigenvalue weighted by Gasteiger charge is 2.18. The van der Waals surface area contributed by atoms with E-state index in [9.17, 15) is 4.79 Å². The molecule has 0 atom stereocenters. The minimum atomic E-state index is -0.200. The van der Waals surface area contributed by atoms with E-state index in [1.54, 1.807) is 6.07 Å². The smallest absolute Gasteiger partial charge is 0.274 e. The van der Waals surface area contributed by atoms with E-state index in [-0.39, 0.29) is 5.91 Å². The molecule has 5 heteroatoms. The number of piperidine rings is 1. The third-order valence-corrected chi connectivity index (χ3v) is 4.47. The van der Waals surface area contributed by atoms with Crippen LogP contribution in [0.1, 0.15) is 41.4 Å². The monoisotopic (exact) mass is 324 g/mol. The molecule has 3 rings (SSSR count). The molecule has 1 aromatic heterocycles. The van der Waals surface area contributed by atoms with Gasteiger partial charge in [0.15, 0.2) is 0 Å². The van der Waals surface area contributed by atoms with Crippen molar-refractivity contribution in [2.75, 3.05) is 23.3 Å². The Balaban J connectivity index is 1.74. The molecule has 0 aliphatic carbocycles. The van der Waals surface area contributed by atoms with Crippen molar-refractivity contribution in [3.63, 3.8) is 0 Å². The SMILES string of the molecule is Cc1cc(C)cc(NC(=O)c2cc(N3CCC(C)CC3)ncn2)c1. The van der Waals surface area contributed by atoms with Gasteiger partial charge in [0.25, 0.3) is 5.91 Å². The minimum absolute atomic E-state index is 0.200. The summed E-state index contributed by atoms with van der Waals surface area (Å²) in [5, 5.41) is 2.93. The molecule has 0 bridgehead atoms. The van der Waals surface area contributed by atoms with Gasteiger partial charge in [-0.05, 0) is 55.9 Å². The number of benzene rings is 1. The van der Waals surface area contributed by atoms with Gasteiger partial charge in [-0.1, -0.05) is 13.0 Å². The van der Waals surface area contributed by atoms with Crippen LogP contribution in [0, 0.1) is 19.8 Å². The summed E-state index contributed by atoms with van der Waals surface area (Å²) >= 11 is 0. The fourth-order valence-electron chi connectivity index (χ4n) is 3.12. The van der Waals surface area contributed by atoms with Crippen LogP contribution >= 0.6 is 0 Å². The zero-order valence-corrected chi connectivity index (χ0v) is 14.5. The zero-order valence-electron chi connectivity index (χ0n) is 14.5. The largest absolute Gasteiger partial charge is 0.356 e.